The Morgan fingerprint density at radius 3 is 1.42 bits per heavy atom. The molecule has 0 aromatic heterocycles. The third-order valence-electron chi connectivity index (χ3n) is 4.10. The Hall–Kier alpha value is -2.54. The van der Waals surface area contributed by atoms with Crippen LogP contribution in [-0.2, 0) is 0 Å². The van der Waals surface area contributed by atoms with Crippen LogP contribution in [0.25, 0.3) is 0 Å². The Balaban J connectivity index is 3.64. The van der Waals surface area contributed by atoms with Crippen molar-refractivity contribution in [1.82, 2.24) is 0 Å². The van der Waals surface area contributed by atoms with Crippen LogP contribution in [0.1, 0.15) is 0 Å². The smallest absolute Gasteiger partial charge is 0.427 e. The standard InChI is InChI=1S/C15H6ClF17N2O/c16-3-1-5(35)6(2-4(3)34)36-8(18)7(17)9(19,20)10(21,22)11(23,24)12(25,26)13(27,28)14(29,30)15(31,32)33/h1-2H,34-35H2. The van der Waals surface area contributed by atoms with Gasteiger partial charge in [-0.3, -0.25) is 0 Å². The lowest BCUT2D eigenvalue weighted by Crippen LogP contribution is -2.72. The van der Waals surface area contributed by atoms with Crippen molar-refractivity contribution in [3.05, 3.63) is 29.0 Å². The van der Waals surface area contributed by atoms with Gasteiger partial charge in [0.05, 0.1) is 16.4 Å². The SMILES string of the molecule is Nc1cc(OC(F)=C(F)C(F)(F)C(F)(F)C(F)(F)C(F)(F)C(F)(F)C(F)(F)C(F)(F)F)c(N)cc1Cl. The van der Waals surface area contributed by atoms with E-state index in [-0.39, 0.29) is 0 Å². The van der Waals surface area contributed by atoms with Crippen molar-refractivity contribution in [1.29, 1.82) is 0 Å². The zero-order valence-corrected chi connectivity index (χ0v) is 16.8. The highest BCUT2D eigenvalue weighted by Gasteiger charge is 2.93. The van der Waals surface area contributed by atoms with E-state index in [1.54, 1.807) is 0 Å². The van der Waals surface area contributed by atoms with Gasteiger partial charge in [0.1, 0.15) is 0 Å². The first-order valence-electron chi connectivity index (χ1n) is 8.04. The number of hydrogen-bond acceptors (Lipinski definition) is 3. The molecule has 208 valence electrons. The molecule has 1 rings (SSSR count). The van der Waals surface area contributed by atoms with Gasteiger partial charge in [-0.1, -0.05) is 11.6 Å². The van der Waals surface area contributed by atoms with Crippen LogP contribution in [0.3, 0.4) is 0 Å². The monoisotopic (exact) mass is 588 g/mol. The number of alkyl halides is 15. The van der Waals surface area contributed by atoms with Crippen molar-refractivity contribution in [3.8, 4) is 5.75 Å². The summed E-state index contributed by atoms with van der Waals surface area (Å²) in [5.41, 5.74) is 8.70. The molecule has 0 amide bonds. The third-order valence-corrected chi connectivity index (χ3v) is 4.43. The predicted octanol–water partition coefficient (Wildman–Crippen LogP) is 7.37. The molecule has 1 aromatic rings. The van der Waals surface area contributed by atoms with Gasteiger partial charge in [0, 0.05) is 6.07 Å². The van der Waals surface area contributed by atoms with E-state index in [1.165, 1.54) is 0 Å². The molecule has 4 N–H and O–H groups in total. The maximum Gasteiger partial charge on any atom is 0.460 e. The van der Waals surface area contributed by atoms with E-state index in [9.17, 15) is 74.6 Å². The van der Waals surface area contributed by atoms with Crippen LogP contribution in [0, 0.1) is 0 Å². The lowest BCUT2D eigenvalue weighted by Gasteiger charge is -2.41. The van der Waals surface area contributed by atoms with Crippen LogP contribution in [0.2, 0.25) is 5.02 Å². The van der Waals surface area contributed by atoms with Crippen molar-refractivity contribution in [2.45, 2.75) is 41.7 Å². The van der Waals surface area contributed by atoms with E-state index >= 15 is 0 Å². The van der Waals surface area contributed by atoms with Crippen LogP contribution in [0.15, 0.2) is 24.0 Å². The first-order valence-corrected chi connectivity index (χ1v) is 8.42. The number of ether oxygens (including phenoxy) is 1. The summed E-state index contributed by atoms with van der Waals surface area (Å²) in [5, 5.41) is -0.444. The van der Waals surface area contributed by atoms with Crippen LogP contribution >= 0.6 is 11.6 Å². The third kappa shape index (κ3) is 4.40. The summed E-state index contributed by atoms with van der Waals surface area (Å²) in [5.74, 6) is -55.9. The van der Waals surface area contributed by atoms with Gasteiger partial charge in [0.25, 0.3) is 0 Å². The Labute approximate surface area is 191 Å². The molecule has 36 heavy (non-hydrogen) atoms. The molecular weight excluding hydrogens is 583 g/mol. The van der Waals surface area contributed by atoms with E-state index in [4.69, 9.17) is 23.1 Å². The number of benzene rings is 1. The number of nitrogen functional groups attached to an aromatic ring is 2. The summed E-state index contributed by atoms with van der Waals surface area (Å²) >= 11 is 5.41. The normalized spacial score (nSPS) is 15.6. The molecule has 0 saturated carbocycles. The minimum absolute atomic E-state index is 0.309. The second-order valence-corrected chi connectivity index (χ2v) is 6.95. The van der Waals surface area contributed by atoms with Crippen molar-refractivity contribution in [2.75, 3.05) is 11.5 Å². The van der Waals surface area contributed by atoms with Gasteiger partial charge >= 0.3 is 47.7 Å². The molecule has 0 aliphatic carbocycles. The summed E-state index contributed by atoms with van der Waals surface area (Å²) in [6.07, 6.45) is -7.81. The van der Waals surface area contributed by atoms with Gasteiger partial charge in [0.15, 0.2) is 5.75 Å². The molecule has 0 aliphatic heterocycles. The minimum atomic E-state index is -8.67. The molecule has 0 bridgehead atoms. The minimum Gasteiger partial charge on any atom is -0.427 e. The molecule has 0 heterocycles. The van der Waals surface area contributed by atoms with E-state index in [0.717, 1.165) is 0 Å². The van der Waals surface area contributed by atoms with Crippen molar-refractivity contribution >= 4 is 23.0 Å². The second kappa shape index (κ2) is 8.79. The molecule has 1 aromatic carbocycles. The quantitative estimate of drug-likeness (QED) is 0.190. The first kappa shape index (κ1) is 31.5. The Bertz CT molecular complexity index is 1030. The fourth-order valence-corrected chi connectivity index (χ4v) is 2.21. The number of rotatable bonds is 8. The van der Waals surface area contributed by atoms with Crippen molar-refractivity contribution in [3.63, 3.8) is 0 Å². The van der Waals surface area contributed by atoms with Gasteiger partial charge in [0.2, 0.25) is 5.83 Å². The number of hydrogen-bond donors (Lipinski definition) is 2. The van der Waals surface area contributed by atoms with Gasteiger partial charge < -0.3 is 16.2 Å². The zero-order valence-electron chi connectivity index (χ0n) is 16.0. The van der Waals surface area contributed by atoms with Gasteiger partial charge in [-0.25, -0.2) is 0 Å². The summed E-state index contributed by atoms with van der Waals surface area (Å²) in [7, 11) is 0. The van der Waals surface area contributed by atoms with E-state index in [1.807, 2.05) is 0 Å². The van der Waals surface area contributed by atoms with Gasteiger partial charge in [-0.05, 0) is 6.07 Å². The molecule has 0 atom stereocenters. The molecular formula is C15H6ClF17N2O. The molecule has 21 heteroatoms. The maximum absolute atomic E-state index is 13.7. The van der Waals surface area contributed by atoms with Gasteiger partial charge in [-0.2, -0.15) is 74.6 Å². The van der Waals surface area contributed by atoms with Crippen LogP contribution in [0.4, 0.5) is 86.0 Å². The average Bonchev–Trinajstić information content (AvgIpc) is 2.69. The Morgan fingerprint density at radius 1 is 0.611 bits per heavy atom. The summed E-state index contributed by atoms with van der Waals surface area (Å²) in [6, 6.07) is -2.79. The number of anilines is 2. The van der Waals surface area contributed by atoms with E-state index in [0.29, 0.717) is 12.1 Å². The van der Waals surface area contributed by atoms with E-state index < -0.39 is 75.7 Å². The van der Waals surface area contributed by atoms with E-state index in [2.05, 4.69) is 4.74 Å². The molecule has 0 radical (unpaired) electrons. The first-order chi connectivity index (χ1) is 15.6. The van der Waals surface area contributed by atoms with Crippen molar-refractivity contribution in [2.24, 2.45) is 0 Å². The highest BCUT2D eigenvalue weighted by Crippen LogP contribution is 2.63. The highest BCUT2D eigenvalue weighted by molar-refractivity contribution is 6.33. The topological polar surface area (TPSA) is 61.3 Å². The number of allylic oxidation sites excluding steroid dienone is 1. The molecule has 0 spiro atoms. The summed E-state index contributed by atoms with van der Waals surface area (Å²) in [4.78, 5) is 0. The lowest BCUT2D eigenvalue weighted by atomic mass is 9.91. The molecule has 3 nitrogen and oxygen atoms in total. The van der Waals surface area contributed by atoms with Crippen molar-refractivity contribution < 1.29 is 79.4 Å². The van der Waals surface area contributed by atoms with Crippen LogP contribution < -0.4 is 16.2 Å². The predicted molar refractivity (Wildman–Crippen MR) is 85.9 cm³/mol. The fourth-order valence-electron chi connectivity index (χ4n) is 2.04. The summed E-state index contributed by atoms with van der Waals surface area (Å²) < 4.78 is 227. The Kier molecular flexibility index (Phi) is 7.69. The molecule has 0 fully saturated rings. The second-order valence-electron chi connectivity index (χ2n) is 6.55. The molecule has 0 aliphatic rings. The fraction of sp³-hybridized carbons (Fsp3) is 0.467. The van der Waals surface area contributed by atoms with Crippen LogP contribution in [-0.4, -0.2) is 41.7 Å². The lowest BCUT2D eigenvalue weighted by molar-refractivity contribution is -0.451. The van der Waals surface area contributed by atoms with Crippen LogP contribution in [0.5, 0.6) is 5.75 Å². The maximum atomic E-state index is 13.7. The Morgan fingerprint density at radius 2 is 1.00 bits per heavy atom. The average molecular weight is 589 g/mol. The van der Waals surface area contributed by atoms with Gasteiger partial charge in [-0.15, -0.1) is 0 Å². The highest BCUT2D eigenvalue weighted by atomic mass is 35.5. The number of halogens is 18. The number of nitrogens with two attached hydrogens (primary N) is 2. The summed E-state index contributed by atoms with van der Waals surface area (Å²) in [6.45, 7) is 0. The largest absolute Gasteiger partial charge is 0.460 e. The molecule has 0 unspecified atom stereocenters. The zero-order chi connectivity index (χ0) is 29.1. The molecule has 0 saturated heterocycles.